The molecule has 0 saturated carbocycles. The second-order valence-corrected chi connectivity index (χ2v) is 4.07. The van der Waals surface area contributed by atoms with E-state index in [2.05, 4.69) is 5.32 Å². The van der Waals surface area contributed by atoms with Gasteiger partial charge in [0.1, 0.15) is 0 Å². The summed E-state index contributed by atoms with van der Waals surface area (Å²) in [5.74, 6) is 0.265. The maximum Gasteiger partial charge on any atom is 0.167 e. The Bertz CT molecular complexity index is 358. The lowest BCUT2D eigenvalue weighted by Gasteiger charge is -2.12. The molecule has 0 fully saturated rings. The van der Waals surface area contributed by atoms with Gasteiger partial charge in [-0.2, -0.15) is 0 Å². The van der Waals surface area contributed by atoms with Crippen LogP contribution in [0.15, 0.2) is 18.2 Å². The van der Waals surface area contributed by atoms with Crippen LogP contribution in [0.2, 0.25) is 0 Å². The molecule has 0 bridgehead atoms. The van der Waals surface area contributed by atoms with Gasteiger partial charge in [0.05, 0.1) is 0 Å². The van der Waals surface area contributed by atoms with Crippen LogP contribution in [0.4, 0.5) is 0 Å². The fourth-order valence-electron chi connectivity index (χ4n) is 1.68. The quantitative estimate of drug-likeness (QED) is 0.764. The van der Waals surface area contributed by atoms with Crippen molar-refractivity contribution in [3.8, 4) is 0 Å². The average molecular weight is 205 g/mol. The van der Waals surface area contributed by atoms with Gasteiger partial charge in [0.15, 0.2) is 5.78 Å². The Morgan fingerprint density at radius 1 is 1.40 bits per heavy atom. The third kappa shape index (κ3) is 2.66. The van der Waals surface area contributed by atoms with E-state index in [9.17, 15) is 4.79 Å². The zero-order valence-corrected chi connectivity index (χ0v) is 9.92. The normalized spacial score (nSPS) is 12.5. The van der Waals surface area contributed by atoms with E-state index in [0.717, 1.165) is 17.7 Å². The van der Waals surface area contributed by atoms with Gasteiger partial charge in [0.2, 0.25) is 0 Å². The molecule has 0 amide bonds. The van der Waals surface area contributed by atoms with Crippen molar-refractivity contribution in [2.75, 3.05) is 13.6 Å². The lowest BCUT2D eigenvalue weighted by Crippen LogP contribution is -2.24. The largest absolute Gasteiger partial charge is 0.319 e. The van der Waals surface area contributed by atoms with Gasteiger partial charge in [0.25, 0.3) is 0 Å². The molecule has 15 heavy (non-hydrogen) atoms. The second kappa shape index (κ2) is 5.08. The predicted octanol–water partition coefficient (Wildman–Crippen LogP) is 2.34. The molecular weight excluding hydrogens is 186 g/mol. The summed E-state index contributed by atoms with van der Waals surface area (Å²) in [4.78, 5) is 12.1. The lowest BCUT2D eigenvalue weighted by molar-refractivity contribution is 0.0929. The summed E-state index contributed by atoms with van der Waals surface area (Å²) in [5.41, 5.74) is 3.14. The molecule has 1 rings (SSSR count). The molecule has 1 aromatic rings. The number of hydrogen-bond acceptors (Lipinski definition) is 2. The number of rotatable bonds is 4. The number of ketones is 1. The minimum absolute atomic E-state index is 0.0375. The Morgan fingerprint density at radius 3 is 2.67 bits per heavy atom. The van der Waals surface area contributed by atoms with Crippen molar-refractivity contribution < 1.29 is 4.79 Å². The summed E-state index contributed by atoms with van der Waals surface area (Å²) in [5, 5.41) is 3.03. The monoisotopic (exact) mass is 205 g/mol. The average Bonchev–Trinajstić information content (AvgIpc) is 2.21. The van der Waals surface area contributed by atoms with Crippen LogP contribution in [0.3, 0.4) is 0 Å². The number of hydrogen-bond donors (Lipinski definition) is 1. The Morgan fingerprint density at radius 2 is 2.07 bits per heavy atom. The summed E-state index contributed by atoms with van der Waals surface area (Å²) in [7, 11) is 1.87. The van der Waals surface area contributed by atoms with Gasteiger partial charge in [-0.1, -0.05) is 25.1 Å². The van der Waals surface area contributed by atoms with Crippen LogP contribution in [0.25, 0.3) is 0 Å². The molecular formula is C13H19NO. The van der Waals surface area contributed by atoms with E-state index in [0.29, 0.717) is 0 Å². The molecule has 0 saturated heterocycles. The molecule has 0 spiro atoms. The summed E-state index contributed by atoms with van der Waals surface area (Å²) < 4.78 is 0. The molecule has 0 aliphatic heterocycles. The van der Waals surface area contributed by atoms with Gasteiger partial charge >= 0.3 is 0 Å². The van der Waals surface area contributed by atoms with E-state index < -0.39 is 0 Å². The second-order valence-electron chi connectivity index (χ2n) is 4.07. The van der Waals surface area contributed by atoms with Crippen LogP contribution in [0.1, 0.15) is 28.4 Å². The zero-order valence-electron chi connectivity index (χ0n) is 9.92. The van der Waals surface area contributed by atoms with E-state index >= 15 is 0 Å². The number of carbonyl (C=O) groups is 1. The summed E-state index contributed by atoms with van der Waals surface area (Å²) in [6.45, 7) is 6.73. The molecule has 2 nitrogen and oxygen atoms in total. The summed E-state index contributed by atoms with van der Waals surface area (Å²) in [6.07, 6.45) is 0. The van der Waals surface area contributed by atoms with Crippen molar-refractivity contribution in [2.24, 2.45) is 5.92 Å². The van der Waals surface area contributed by atoms with Crippen LogP contribution in [-0.2, 0) is 0 Å². The molecule has 1 atom stereocenters. The minimum atomic E-state index is 0.0375. The van der Waals surface area contributed by atoms with Crippen molar-refractivity contribution in [3.05, 3.63) is 34.9 Å². The topological polar surface area (TPSA) is 29.1 Å². The van der Waals surface area contributed by atoms with Crippen LogP contribution in [0, 0.1) is 19.8 Å². The first-order valence-electron chi connectivity index (χ1n) is 5.33. The number of aryl methyl sites for hydroxylation is 1. The summed E-state index contributed by atoms with van der Waals surface area (Å²) in [6, 6.07) is 5.90. The van der Waals surface area contributed by atoms with Gasteiger partial charge in [-0.15, -0.1) is 0 Å². The lowest BCUT2D eigenvalue weighted by atomic mass is 9.93. The first kappa shape index (κ1) is 11.9. The fourth-order valence-corrected chi connectivity index (χ4v) is 1.68. The number of nitrogens with one attached hydrogen (secondary N) is 1. The standard InChI is InChI=1S/C13H19NO/c1-9-6-5-7-12(11(9)3)13(15)10(2)8-14-4/h5-7,10,14H,8H2,1-4H3. The van der Waals surface area contributed by atoms with Gasteiger partial charge in [-0.25, -0.2) is 0 Å². The highest BCUT2D eigenvalue weighted by atomic mass is 16.1. The summed E-state index contributed by atoms with van der Waals surface area (Å²) >= 11 is 0. The zero-order chi connectivity index (χ0) is 11.4. The van der Waals surface area contributed by atoms with Crippen molar-refractivity contribution in [2.45, 2.75) is 20.8 Å². The van der Waals surface area contributed by atoms with Crippen LogP contribution < -0.4 is 5.32 Å². The third-order valence-corrected chi connectivity index (χ3v) is 2.83. The van der Waals surface area contributed by atoms with Crippen molar-refractivity contribution in [1.29, 1.82) is 0 Å². The van der Waals surface area contributed by atoms with Crippen LogP contribution >= 0.6 is 0 Å². The van der Waals surface area contributed by atoms with Crippen molar-refractivity contribution in [1.82, 2.24) is 5.32 Å². The molecule has 1 N–H and O–H groups in total. The highest BCUT2D eigenvalue weighted by molar-refractivity contribution is 5.99. The number of Topliss-reactive ketones (excluding diaryl/α,β-unsaturated/α-hetero) is 1. The molecule has 1 aromatic carbocycles. The third-order valence-electron chi connectivity index (χ3n) is 2.83. The van der Waals surface area contributed by atoms with Gasteiger partial charge in [0, 0.05) is 18.0 Å². The highest BCUT2D eigenvalue weighted by Crippen LogP contribution is 2.16. The van der Waals surface area contributed by atoms with Crippen LogP contribution in [-0.4, -0.2) is 19.4 Å². The molecule has 0 aromatic heterocycles. The first-order chi connectivity index (χ1) is 7.07. The van der Waals surface area contributed by atoms with E-state index in [1.807, 2.05) is 46.0 Å². The van der Waals surface area contributed by atoms with Crippen LogP contribution in [0.5, 0.6) is 0 Å². The Hall–Kier alpha value is -1.15. The maximum absolute atomic E-state index is 12.1. The molecule has 82 valence electrons. The minimum Gasteiger partial charge on any atom is -0.319 e. The van der Waals surface area contributed by atoms with E-state index in [-0.39, 0.29) is 11.7 Å². The first-order valence-corrected chi connectivity index (χ1v) is 5.33. The number of carbonyl (C=O) groups excluding carboxylic acids is 1. The van der Waals surface area contributed by atoms with Crippen molar-refractivity contribution in [3.63, 3.8) is 0 Å². The molecule has 0 heterocycles. The highest BCUT2D eigenvalue weighted by Gasteiger charge is 2.16. The number of benzene rings is 1. The fraction of sp³-hybridized carbons (Fsp3) is 0.462. The molecule has 0 aliphatic rings. The smallest absolute Gasteiger partial charge is 0.167 e. The molecule has 1 unspecified atom stereocenters. The Balaban J connectivity index is 2.96. The maximum atomic E-state index is 12.1. The van der Waals surface area contributed by atoms with Gasteiger partial charge in [-0.05, 0) is 32.0 Å². The van der Waals surface area contributed by atoms with Crippen molar-refractivity contribution >= 4 is 5.78 Å². The van der Waals surface area contributed by atoms with E-state index in [1.54, 1.807) is 0 Å². The molecule has 0 aliphatic carbocycles. The molecule has 0 radical (unpaired) electrons. The Kier molecular flexibility index (Phi) is 4.04. The predicted molar refractivity (Wildman–Crippen MR) is 63.3 cm³/mol. The Labute approximate surface area is 91.7 Å². The van der Waals surface area contributed by atoms with E-state index in [4.69, 9.17) is 0 Å². The van der Waals surface area contributed by atoms with Gasteiger partial charge < -0.3 is 5.32 Å². The van der Waals surface area contributed by atoms with E-state index in [1.165, 1.54) is 5.56 Å². The SMILES string of the molecule is CNCC(C)C(=O)c1cccc(C)c1C. The van der Waals surface area contributed by atoms with Gasteiger partial charge in [-0.3, -0.25) is 4.79 Å². The molecule has 2 heteroatoms.